The van der Waals surface area contributed by atoms with Gasteiger partial charge in [-0.15, -0.1) is 0 Å². The molecule has 1 fully saturated rings. The van der Waals surface area contributed by atoms with Gasteiger partial charge in [0.15, 0.2) is 0 Å². The predicted octanol–water partition coefficient (Wildman–Crippen LogP) is 0.882. The summed E-state index contributed by atoms with van der Waals surface area (Å²) in [6, 6.07) is 0.621. The second-order valence-electron chi connectivity index (χ2n) is 4.45. The third-order valence-corrected chi connectivity index (χ3v) is 2.59. The van der Waals surface area contributed by atoms with Gasteiger partial charge < -0.3 is 15.8 Å². The van der Waals surface area contributed by atoms with Gasteiger partial charge in [-0.2, -0.15) is 0 Å². The van der Waals surface area contributed by atoms with Crippen LogP contribution in [0.3, 0.4) is 0 Å². The number of nitrogens with one attached hydrogen (secondary N) is 1. The molecule has 0 unspecified atom stereocenters. The highest BCUT2D eigenvalue weighted by molar-refractivity contribution is 4.83. The molecule has 0 bridgehead atoms. The lowest BCUT2D eigenvalue weighted by Gasteiger charge is -2.33. The van der Waals surface area contributed by atoms with Gasteiger partial charge >= 0.3 is 0 Å². The van der Waals surface area contributed by atoms with E-state index in [1.165, 1.54) is 0 Å². The zero-order chi connectivity index (χ0) is 9.73. The molecule has 0 spiro atoms. The SMILES string of the molecule is CC(C)(CCN)NC1CCOCC1. The molecule has 0 aromatic carbocycles. The fourth-order valence-electron chi connectivity index (χ4n) is 1.83. The van der Waals surface area contributed by atoms with Crippen LogP contribution in [0.1, 0.15) is 33.1 Å². The third kappa shape index (κ3) is 4.07. The minimum Gasteiger partial charge on any atom is -0.381 e. The van der Waals surface area contributed by atoms with E-state index in [4.69, 9.17) is 10.5 Å². The molecule has 3 N–H and O–H groups in total. The average molecular weight is 186 g/mol. The minimum atomic E-state index is 0.177. The summed E-state index contributed by atoms with van der Waals surface area (Å²) in [7, 11) is 0. The maximum absolute atomic E-state index is 5.56. The van der Waals surface area contributed by atoms with Crippen molar-refractivity contribution >= 4 is 0 Å². The lowest BCUT2D eigenvalue weighted by Crippen LogP contribution is -2.48. The van der Waals surface area contributed by atoms with Crippen molar-refractivity contribution in [2.45, 2.75) is 44.7 Å². The van der Waals surface area contributed by atoms with Gasteiger partial charge in [-0.25, -0.2) is 0 Å². The molecule has 0 aromatic heterocycles. The van der Waals surface area contributed by atoms with E-state index in [-0.39, 0.29) is 5.54 Å². The largest absolute Gasteiger partial charge is 0.381 e. The Morgan fingerprint density at radius 3 is 2.54 bits per heavy atom. The summed E-state index contributed by atoms with van der Waals surface area (Å²) in [5, 5.41) is 3.64. The predicted molar refractivity (Wildman–Crippen MR) is 54.7 cm³/mol. The number of hydrogen-bond donors (Lipinski definition) is 2. The Morgan fingerprint density at radius 2 is 2.00 bits per heavy atom. The van der Waals surface area contributed by atoms with Crippen LogP contribution in [-0.4, -0.2) is 31.3 Å². The van der Waals surface area contributed by atoms with E-state index in [0.717, 1.165) is 39.0 Å². The standard InChI is InChI=1S/C10H22N2O/c1-10(2,5-6-11)12-9-3-7-13-8-4-9/h9,12H,3-8,11H2,1-2H3. The molecular weight excluding hydrogens is 164 g/mol. The second-order valence-corrected chi connectivity index (χ2v) is 4.45. The van der Waals surface area contributed by atoms with Crippen LogP contribution in [0, 0.1) is 0 Å². The van der Waals surface area contributed by atoms with E-state index in [0.29, 0.717) is 6.04 Å². The maximum atomic E-state index is 5.56. The Balaban J connectivity index is 2.28. The molecule has 1 heterocycles. The van der Waals surface area contributed by atoms with Crippen LogP contribution < -0.4 is 11.1 Å². The first-order chi connectivity index (χ1) is 6.14. The highest BCUT2D eigenvalue weighted by atomic mass is 16.5. The van der Waals surface area contributed by atoms with Crippen LogP contribution >= 0.6 is 0 Å². The van der Waals surface area contributed by atoms with Crippen molar-refractivity contribution in [2.24, 2.45) is 5.73 Å². The van der Waals surface area contributed by atoms with Crippen molar-refractivity contribution in [1.29, 1.82) is 0 Å². The summed E-state index contributed by atoms with van der Waals surface area (Å²) in [5.41, 5.74) is 5.73. The van der Waals surface area contributed by atoms with Crippen molar-refractivity contribution in [3.63, 3.8) is 0 Å². The zero-order valence-corrected chi connectivity index (χ0v) is 8.81. The fourth-order valence-corrected chi connectivity index (χ4v) is 1.83. The van der Waals surface area contributed by atoms with Crippen molar-refractivity contribution in [3.05, 3.63) is 0 Å². The van der Waals surface area contributed by atoms with Crippen LogP contribution in [0.5, 0.6) is 0 Å². The Labute approximate surface area is 81.0 Å². The number of rotatable bonds is 4. The van der Waals surface area contributed by atoms with Gasteiger partial charge in [0.2, 0.25) is 0 Å². The maximum Gasteiger partial charge on any atom is 0.0480 e. The lowest BCUT2D eigenvalue weighted by atomic mass is 9.97. The van der Waals surface area contributed by atoms with Gasteiger partial charge in [-0.3, -0.25) is 0 Å². The molecule has 1 aliphatic rings. The molecule has 13 heavy (non-hydrogen) atoms. The van der Waals surface area contributed by atoms with Crippen LogP contribution in [0.2, 0.25) is 0 Å². The third-order valence-electron chi connectivity index (χ3n) is 2.59. The van der Waals surface area contributed by atoms with E-state index in [1.807, 2.05) is 0 Å². The van der Waals surface area contributed by atoms with Gasteiger partial charge in [-0.1, -0.05) is 0 Å². The normalized spacial score (nSPS) is 20.5. The Kier molecular flexibility index (Phi) is 4.16. The Morgan fingerprint density at radius 1 is 1.38 bits per heavy atom. The molecule has 0 radical (unpaired) electrons. The van der Waals surface area contributed by atoms with Crippen molar-refractivity contribution < 1.29 is 4.74 Å². The smallest absolute Gasteiger partial charge is 0.0480 e. The van der Waals surface area contributed by atoms with Crippen molar-refractivity contribution in [3.8, 4) is 0 Å². The summed E-state index contributed by atoms with van der Waals surface area (Å²) in [6.07, 6.45) is 3.30. The molecule has 1 saturated heterocycles. The van der Waals surface area contributed by atoms with Crippen LogP contribution in [0.25, 0.3) is 0 Å². The van der Waals surface area contributed by atoms with Gasteiger partial charge in [-0.05, 0) is 39.7 Å². The van der Waals surface area contributed by atoms with E-state index in [9.17, 15) is 0 Å². The summed E-state index contributed by atoms with van der Waals surface area (Å²) < 4.78 is 5.31. The highest BCUT2D eigenvalue weighted by Crippen LogP contribution is 2.14. The summed E-state index contributed by atoms with van der Waals surface area (Å²) in [5.74, 6) is 0. The topological polar surface area (TPSA) is 47.3 Å². The summed E-state index contributed by atoms with van der Waals surface area (Å²) >= 11 is 0. The van der Waals surface area contributed by atoms with Crippen LogP contribution in [-0.2, 0) is 4.74 Å². The first-order valence-electron chi connectivity index (χ1n) is 5.19. The first-order valence-corrected chi connectivity index (χ1v) is 5.19. The van der Waals surface area contributed by atoms with Crippen LogP contribution in [0.4, 0.5) is 0 Å². The molecular formula is C10H22N2O. The van der Waals surface area contributed by atoms with Gasteiger partial charge in [0.1, 0.15) is 0 Å². The first kappa shape index (κ1) is 11.0. The average Bonchev–Trinajstić information content (AvgIpc) is 2.04. The molecule has 78 valence electrons. The Hall–Kier alpha value is -0.120. The number of nitrogens with two attached hydrogens (primary N) is 1. The summed E-state index contributed by atoms with van der Waals surface area (Å²) in [4.78, 5) is 0. The minimum absolute atomic E-state index is 0.177. The Bertz CT molecular complexity index is 142. The van der Waals surface area contributed by atoms with E-state index in [1.54, 1.807) is 0 Å². The fraction of sp³-hybridized carbons (Fsp3) is 1.00. The lowest BCUT2D eigenvalue weighted by molar-refractivity contribution is 0.0697. The van der Waals surface area contributed by atoms with Gasteiger partial charge in [0, 0.05) is 24.8 Å². The van der Waals surface area contributed by atoms with Crippen molar-refractivity contribution in [2.75, 3.05) is 19.8 Å². The second kappa shape index (κ2) is 4.94. The molecule has 1 rings (SSSR count). The highest BCUT2D eigenvalue weighted by Gasteiger charge is 2.22. The van der Waals surface area contributed by atoms with Crippen molar-refractivity contribution in [1.82, 2.24) is 5.32 Å². The molecule has 0 amide bonds. The molecule has 0 atom stereocenters. The molecule has 3 nitrogen and oxygen atoms in total. The molecule has 1 aliphatic heterocycles. The van der Waals surface area contributed by atoms with E-state index >= 15 is 0 Å². The number of hydrogen-bond acceptors (Lipinski definition) is 3. The van der Waals surface area contributed by atoms with Gasteiger partial charge in [0.25, 0.3) is 0 Å². The molecule has 0 aliphatic carbocycles. The quantitative estimate of drug-likeness (QED) is 0.685. The molecule has 0 aromatic rings. The monoisotopic (exact) mass is 186 g/mol. The van der Waals surface area contributed by atoms with Gasteiger partial charge in [0.05, 0.1) is 0 Å². The van der Waals surface area contributed by atoms with E-state index in [2.05, 4.69) is 19.2 Å². The molecule has 3 heteroatoms. The summed E-state index contributed by atoms with van der Waals surface area (Å²) in [6.45, 7) is 6.99. The molecule has 0 saturated carbocycles. The van der Waals surface area contributed by atoms with E-state index < -0.39 is 0 Å². The zero-order valence-electron chi connectivity index (χ0n) is 8.81. The van der Waals surface area contributed by atoms with Crippen LogP contribution in [0.15, 0.2) is 0 Å². The number of ether oxygens (including phenoxy) is 1.